The lowest BCUT2D eigenvalue weighted by atomic mass is 10.1. The molecule has 108 valence electrons. The standard InChI is InChI=1S/C14H6Cl2F3NS/c15-12-4-2-10(6-13(12)16)21-9-1-3-11(14(17,18)19)8(5-9)7-20/h1-6H. The maximum Gasteiger partial charge on any atom is 0.417 e. The van der Waals surface area contributed by atoms with Crippen molar-refractivity contribution in [2.45, 2.75) is 16.0 Å². The van der Waals surface area contributed by atoms with Crippen LogP contribution in [0, 0.1) is 11.3 Å². The molecule has 0 heterocycles. The Morgan fingerprint density at radius 1 is 0.952 bits per heavy atom. The minimum atomic E-state index is -4.54. The number of rotatable bonds is 2. The first-order chi connectivity index (χ1) is 9.81. The highest BCUT2D eigenvalue weighted by molar-refractivity contribution is 7.99. The van der Waals surface area contributed by atoms with Crippen LogP contribution in [-0.4, -0.2) is 0 Å². The lowest BCUT2D eigenvalue weighted by molar-refractivity contribution is -0.137. The van der Waals surface area contributed by atoms with Crippen LogP contribution >= 0.6 is 35.0 Å². The molecule has 0 atom stereocenters. The van der Waals surface area contributed by atoms with Gasteiger partial charge in [-0.3, -0.25) is 0 Å². The van der Waals surface area contributed by atoms with Gasteiger partial charge in [0, 0.05) is 9.79 Å². The van der Waals surface area contributed by atoms with E-state index < -0.39 is 17.3 Å². The summed E-state index contributed by atoms with van der Waals surface area (Å²) in [5, 5.41) is 9.61. The average molecular weight is 348 g/mol. The van der Waals surface area contributed by atoms with Gasteiger partial charge in [-0.1, -0.05) is 35.0 Å². The van der Waals surface area contributed by atoms with Crippen LogP contribution in [0.1, 0.15) is 11.1 Å². The topological polar surface area (TPSA) is 23.8 Å². The van der Waals surface area contributed by atoms with Crippen molar-refractivity contribution in [1.82, 2.24) is 0 Å². The zero-order valence-corrected chi connectivity index (χ0v) is 12.5. The van der Waals surface area contributed by atoms with Gasteiger partial charge in [0.15, 0.2) is 0 Å². The van der Waals surface area contributed by atoms with E-state index in [4.69, 9.17) is 28.5 Å². The van der Waals surface area contributed by atoms with E-state index in [0.717, 1.165) is 6.07 Å². The summed E-state index contributed by atoms with van der Waals surface area (Å²) >= 11 is 12.9. The van der Waals surface area contributed by atoms with Gasteiger partial charge in [-0.05, 0) is 36.4 Å². The smallest absolute Gasteiger partial charge is 0.192 e. The minimum Gasteiger partial charge on any atom is -0.192 e. The monoisotopic (exact) mass is 347 g/mol. The van der Waals surface area contributed by atoms with Crippen LogP contribution in [-0.2, 0) is 6.18 Å². The molecule has 21 heavy (non-hydrogen) atoms. The second-order valence-electron chi connectivity index (χ2n) is 3.99. The van der Waals surface area contributed by atoms with E-state index in [1.807, 2.05) is 0 Å². The lowest BCUT2D eigenvalue weighted by Gasteiger charge is -2.10. The van der Waals surface area contributed by atoms with Crippen molar-refractivity contribution >= 4 is 35.0 Å². The molecular weight excluding hydrogens is 342 g/mol. The molecule has 0 saturated heterocycles. The van der Waals surface area contributed by atoms with Crippen LogP contribution in [0.4, 0.5) is 13.2 Å². The fraction of sp³-hybridized carbons (Fsp3) is 0.0714. The molecule has 1 nitrogen and oxygen atoms in total. The summed E-state index contributed by atoms with van der Waals surface area (Å²) in [5.41, 5.74) is -1.35. The summed E-state index contributed by atoms with van der Waals surface area (Å²) in [6.07, 6.45) is -4.54. The lowest BCUT2D eigenvalue weighted by Crippen LogP contribution is -2.07. The van der Waals surface area contributed by atoms with E-state index in [2.05, 4.69) is 0 Å². The first-order valence-electron chi connectivity index (χ1n) is 5.55. The number of nitriles is 1. The van der Waals surface area contributed by atoms with Crippen molar-refractivity contribution in [2.75, 3.05) is 0 Å². The Morgan fingerprint density at radius 3 is 2.14 bits per heavy atom. The Labute approximate surface area is 133 Å². The molecule has 0 fully saturated rings. The van der Waals surface area contributed by atoms with Gasteiger partial charge in [0.05, 0.1) is 27.2 Å². The molecule has 0 aliphatic carbocycles. The van der Waals surface area contributed by atoms with Gasteiger partial charge >= 0.3 is 6.18 Å². The van der Waals surface area contributed by atoms with Crippen molar-refractivity contribution in [3.63, 3.8) is 0 Å². The number of benzene rings is 2. The summed E-state index contributed by atoms with van der Waals surface area (Å²) in [7, 11) is 0. The molecule has 0 bridgehead atoms. The predicted octanol–water partition coefficient (Wildman–Crippen LogP) is 6.04. The molecule has 7 heteroatoms. The Hall–Kier alpha value is -1.35. The molecule has 0 aliphatic heterocycles. The summed E-state index contributed by atoms with van der Waals surface area (Å²) in [5.74, 6) is 0. The molecule has 2 aromatic carbocycles. The molecular formula is C14H6Cl2F3NS. The Morgan fingerprint density at radius 2 is 1.57 bits per heavy atom. The number of hydrogen-bond acceptors (Lipinski definition) is 2. The van der Waals surface area contributed by atoms with Crippen LogP contribution < -0.4 is 0 Å². The van der Waals surface area contributed by atoms with Crippen LogP contribution in [0.25, 0.3) is 0 Å². The van der Waals surface area contributed by atoms with Crippen molar-refractivity contribution in [3.05, 3.63) is 57.6 Å². The predicted molar refractivity (Wildman–Crippen MR) is 76.7 cm³/mol. The number of hydrogen-bond donors (Lipinski definition) is 0. The molecule has 0 aromatic heterocycles. The average Bonchev–Trinajstić information content (AvgIpc) is 2.41. The molecule has 0 N–H and O–H groups in total. The highest BCUT2D eigenvalue weighted by Gasteiger charge is 2.33. The van der Waals surface area contributed by atoms with E-state index in [9.17, 15) is 13.2 Å². The zero-order chi connectivity index (χ0) is 15.6. The maximum absolute atomic E-state index is 12.7. The van der Waals surface area contributed by atoms with Crippen molar-refractivity contribution in [3.8, 4) is 6.07 Å². The number of alkyl halides is 3. The normalized spacial score (nSPS) is 11.2. The van der Waals surface area contributed by atoms with E-state index >= 15 is 0 Å². The quantitative estimate of drug-likeness (QED) is 0.661. The molecule has 0 amide bonds. The van der Waals surface area contributed by atoms with Gasteiger partial charge < -0.3 is 0 Å². The van der Waals surface area contributed by atoms with Crippen molar-refractivity contribution < 1.29 is 13.2 Å². The summed E-state index contributed by atoms with van der Waals surface area (Å²) in [4.78, 5) is 1.23. The van der Waals surface area contributed by atoms with Crippen molar-refractivity contribution in [1.29, 1.82) is 5.26 Å². The minimum absolute atomic E-state index is 0.356. The van der Waals surface area contributed by atoms with Crippen LogP contribution in [0.5, 0.6) is 0 Å². The molecule has 0 spiro atoms. The van der Waals surface area contributed by atoms with Crippen molar-refractivity contribution in [2.24, 2.45) is 0 Å². The molecule has 0 unspecified atom stereocenters. The van der Waals surface area contributed by atoms with Crippen LogP contribution in [0.3, 0.4) is 0 Å². The van der Waals surface area contributed by atoms with Crippen LogP contribution in [0.2, 0.25) is 10.0 Å². The maximum atomic E-state index is 12.7. The third-order valence-corrected chi connectivity index (χ3v) is 4.26. The Balaban J connectivity index is 2.34. The SMILES string of the molecule is N#Cc1cc(Sc2ccc(Cl)c(Cl)c2)ccc1C(F)(F)F. The first kappa shape index (κ1) is 16.0. The van der Waals surface area contributed by atoms with Gasteiger partial charge in [0.1, 0.15) is 0 Å². The molecule has 0 saturated carbocycles. The van der Waals surface area contributed by atoms with Crippen LogP contribution in [0.15, 0.2) is 46.2 Å². The molecule has 2 aromatic rings. The fourth-order valence-electron chi connectivity index (χ4n) is 1.60. The fourth-order valence-corrected chi connectivity index (χ4v) is 2.86. The Bertz CT molecular complexity index is 723. The van der Waals surface area contributed by atoms with Gasteiger partial charge in [-0.15, -0.1) is 0 Å². The highest BCUT2D eigenvalue weighted by atomic mass is 35.5. The second kappa shape index (κ2) is 6.18. The Kier molecular flexibility index (Phi) is 4.72. The van der Waals surface area contributed by atoms with E-state index in [-0.39, 0.29) is 0 Å². The molecule has 0 aliphatic rings. The molecule has 2 rings (SSSR count). The van der Waals surface area contributed by atoms with Gasteiger partial charge in [-0.2, -0.15) is 18.4 Å². The third-order valence-electron chi connectivity index (χ3n) is 2.54. The zero-order valence-electron chi connectivity index (χ0n) is 10.2. The van der Waals surface area contributed by atoms with Gasteiger partial charge in [0.2, 0.25) is 0 Å². The van der Waals surface area contributed by atoms with E-state index in [0.29, 0.717) is 19.8 Å². The van der Waals surface area contributed by atoms with E-state index in [1.54, 1.807) is 24.3 Å². The van der Waals surface area contributed by atoms with Gasteiger partial charge in [0.25, 0.3) is 0 Å². The van der Waals surface area contributed by atoms with Gasteiger partial charge in [-0.25, -0.2) is 0 Å². The third kappa shape index (κ3) is 3.85. The van der Waals surface area contributed by atoms with E-state index in [1.165, 1.54) is 23.9 Å². The summed E-state index contributed by atoms with van der Waals surface area (Å²) < 4.78 is 38.1. The summed E-state index contributed by atoms with van der Waals surface area (Å²) in [6, 6.07) is 9.90. The highest BCUT2D eigenvalue weighted by Crippen LogP contribution is 2.37. The molecule has 0 radical (unpaired) electrons. The largest absolute Gasteiger partial charge is 0.417 e. The first-order valence-corrected chi connectivity index (χ1v) is 7.13. The second-order valence-corrected chi connectivity index (χ2v) is 5.96. The number of halogens is 5. The number of nitrogens with zero attached hydrogens (tertiary/aromatic N) is 1. The summed E-state index contributed by atoms with van der Waals surface area (Å²) in [6.45, 7) is 0.